The Balaban J connectivity index is 1.81. The molecule has 2 heterocycles. The lowest BCUT2D eigenvalue weighted by molar-refractivity contribution is -0.159. The number of amides is 1. The van der Waals surface area contributed by atoms with Crippen LogP contribution in [0.1, 0.15) is 70.7 Å². The number of rotatable bonds is 10. The molecule has 0 saturated carbocycles. The number of carbonyl (C=O) groups is 2. The number of anilines is 1. The van der Waals surface area contributed by atoms with Gasteiger partial charge in [-0.25, -0.2) is 4.98 Å². The minimum atomic E-state index is -0.452. The standard InChI is InChI=1S/C24H40N4O3/c1-6-7-19(9-8-18(2)23(30)31-24(3,4)5)17-27-12-14-28(15-13-27)21-11-10-20(16-26-21)22(25)29/h10-11,16,18-19H,6-9,12-15,17H2,1-5H3,(H2,25,29). The molecule has 31 heavy (non-hydrogen) atoms. The molecule has 0 bridgehead atoms. The Labute approximate surface area is 187 Å². The van der Waals surface area contributed by atoms with Crippen LogP contribution in [-0.2, 0) is 9.53 Å². The van der Waals surface area contributed by atoms with E-state index in [1.165, 1.54) is 6.42 Å². The van der Waals surface area contributed by atoms with Crippen molar-refractivity contribution in [3.8, 4) is 0 Å². The number of primary amides is 1. The molecule has 1 aliphatic rings. The van der Waals surface area contributed by atoms with Gasteiger partial charge in [0.15, 0.2) is 0 Å². The number of ether oxygens (including phenoxy) is 1. The summed E-state index contributed by atoms with van der Waals surface area (Å²) in [6.45, 7) is 14.8. The van der Waals surface area contributed by atoms with Crippen LogP contribution in [-0.4, -0.2) is 60.1 Å². The van der Waals surface area contributed by atoms with E-state index in [-0.39, 0.29) is 11.9 Å². The third-order valence-corrected chi connectivity index (χ3v) is 5.76. The number of carbonyl (C=O) groups excluding carboxylic acids is 2. The Morgan fingerprint density at radius 2 is 1.81 bits per heavy atom. The lowest BCUT2D eigenvalue weighted by Crippen LogP contribution is -2.48. The van der Waals surface area contributed by atoms with E-state index in [9.17, 15) is 9.59 Å². The van der Waals surface area contributed by atoms with E-state index in [1.54, 1.807) is 12.3 Å². The summed E-state index contributed by atoms with van der Waals surface area (Å²) in [5.41, 5.74) is 5.30. The van der Waals surface area contributed by atoms with Gasteiger partial charge in [0.1, 0.15) is 11.4 Å². The molecule has 0 radical (unpaired) electrons. The summed E-state index contributed by atoms with van der Waals surface area (Å²) in [5.74, 6) is 0.873. The van der Waals surface area contributed by atoms with Gasteiger partial charge in [0.05, 0.1) is 11.5 Å². The predicted octanol–water partition coefficient (Wildman–Crippen LogP) is 3.48. The second kappa shape index (κ2) is 11.5. The highest BCUT2D eigenvalue weighted by molar-refractivity contribution is 5.92. The van der Waals surface area contributed by atoms with Gasteiger partial charge in [-0.2, -0.15) is 0 Å². The molecule has 1 fully saturated rings. The second-order valence-corrected chi connectivity index (χ2v) is 9.72. The van der Waals surface area contributed by atoms with Gasteiger partial charge >= 0.3 is 5.97 Å². The summed E-state index contributed by atoms with van der Waals surface area (Å²) in [6.07, 6.45) is 5.80. The molecule has 1 aromatic heterocycles. The molecule has 2 rings (SSSR count). The molecule has 2 unspecified atom stereocenters. The quantitative estimate of drug-likeness (QED) is 0.570. The van der Waals surface area contributed by atoms with Crippen LogP contribution in [0.2, 0.25) is 0 Å². The normalized spacial score (nSPS) is 17.3. The van der Waals surface area contributed by atoms with Crippen molar-refractivity contribution >= 4 is 17.7 Å². The lowest BCUT2D eigenvalue weighted by Gasteiger charge is -2.37. The zero-order valence-corrected chi connectivity index (χ0v) is 19.9. The number of hydrogen-bond donors (Lipinski definition) is 1. The first-order valence-electron chi connectivity index (χ1n) is 11.5. The maximum absolute atomic E-state index is 12.3. The fourth-order valence-corrected chi connectivity index (χ4v) is 3.98. The molecule has 2 N–H and O–H groups in total. The summed E-state index contributed by atoms with van der Waals surface area (Å²) in [7, 11) is 0. The Bertz CT molecular complexity index is 707. The van der Waals surface area contributed by atoms with E-state index in [4.69, 9.17) is 10.5 Å². The maximum Gasteiger partial charge on any atom is 0.309 e. The average Bonchev–Trinajstić information content (AvgIpc) is 2.71. The topological polar surface area (TPSA) is 88.8 Å². The van der Waals surface area contributed by atoms with Crippen molar-refractivity contribution in [1.82, 2.24) is 9.88 Å². The summed E-state index contributed by atoms with van der Waals surface area (Å²) < 4.78 is 5.53. The van der Waals surface area contributed by atoms with E-state index >= 15 is 0 Å². The lowest BCUT2D eigenvalue weighted by atomic mass is 9.92. The fourth-order valence-electron chi connectivity index (χ4n) is 3.98. The molecule has 1 aliphatic heterocycles. The highest BCUT2D eigenvalue weighted by Crippen LogP contribution is 2.22. The zero-order chi connectivity index (χ0) is 23.0. The molecular formula is C24H40N4O3. The summed E-state index contributed by atoms with van der Waals surface area (Å²) in [4.78, 5) is 32.7. The average molecular weight is 433 g/mol. The number of nitrogens with zero attached hydrogens (tertiary/aromatic N) is 3. The number of pyridine rings is 1. The van der Waals surface area contributed by atoms with Crippen molar-refractivity contribution in [1.29, 1.82) is 0 Å². The van der Waals surface area contributed by atoms with Crippen LogP contribution in [0.15, 0.2) is 18.3 Å². The highest BCUT2D eigenvalue weighted by Gasteiger charge is 2.24. The SMILES string of the molecule is CCCC(CCC(C)C(=O)OC(C)(C)C)CN1CCN(c2ccc(C(N)=O)cn2)CC1. The highest BCUT2D eigenvalue weighted by atomic mass is 16.6. The molecule has 7 nitrogen and oxygen atoms in total. The number of nitrogens with two attached hydrogens (primary N) is 1. The monoisotopic (exact) mass is 432 g/mol. The van der Waals surface area contributed by atoms with E-state index in [0.717, 1.165) is 57.8 Å². The van der Waals surface area contributed by atoms with Crippen LogP contribution in [0.4, 0.5) is 5.82 Å². The van der Waals surface area contributed by atoms with Gasteiger partial charge in [0.2, 0.25) is 5.91 Å². The summed E-state index contributed by atoms with van der Waals surface area (Å²) in [6, 6.07) is 3.61. The first-order valence-corrected chi connectivity index (χ1v) is 11.5. The fraction of sp³-hybridized carbons (Fsp3) is 0.708. The largest absolute Gasteiger partial charge is 0.460 e. The van der Waals surface area contributed by atoms with Crippen LogP contribution in [0.5, 0.6) is 0 Å². The number of hydrogen-bond acceptors (Lipinski definition) is 6. The van der Waals surface area contributed by atoms with Crippen LogP contribution in [0, 0.1) is 11.8 Å². The Hall–Kier alpha value is -2.15. The smallest absolute Gasteiger partial charge is 0.309 e. The maximum atomic E-state index is 12.3. The van der Waals surface area contributed by atoms with Gasteiger partial charge in [0, 0.05) is 38.9 Å². The Morgan fingerprint density at radius 1 is 1.13 bits per heavy atom. The number of piperazine rings is 1. The molecule has 1 saturated heterocycles. The van der Waals surface area contributed by atoms with E-state index in [1.807, 2.05) is 33.8 Å². The van der Waals surface area contributed by atoms with Crippen LogP contribution >= 0.6 is 0 Å². The van der Waals surface area contributed by atoms with Crippen molar-refractivity contribution in [2.45, 2.75) is 65.9 Å². The third kappa shape index (κ3) is 8.48. The van der Waals surface area contributed by atoms with E-state index in [2.05, 4.69) is 21.7 Å². The van der Waals surface area contributed by atoms with Crippen molar-refractivity contribution in [2.75, 3.05) is 37.6 Å². The van der Waals surface area contributed by atoms with Gasteiger partial charge in [-0.3, -0.25) is 14.5 Å². The second-order valence-electron chi connectivity index (χ2n) is 9.72. The van der Waals surface area contributed by atoms with Gasteiger partial charge in [0.25, 0.3) is 0 Å². The number of aromatic nitrogens is 1. The van der Waals surface area contributed by atoms with Gasteiger partial charge in [-0.1, -0.05) is 20.3 Å². The molecule has 0 aromatic carbocycles. The number of esters is 1. The van der Waals surface area contributed by atoms with Gasteiger partial charge < -0.3 is 15.4 Å². The van der Waals surface area contributed by atoms with Gasteiger partial charge in [-0.05, 0) is 58.1 Å². The Kier molecular flexibility index (Phi) is 9.29. The molecule has 1 aromatic rings. The third-order valence-electron chi connectivity index (χ3n) is 5.76. The van der Waals surface area contributed by atoms with Crippen LogP contribution < -0.4 is 10.6 Å². The first-order chi connectivity index (χ1) is 14.6. The van der Waals surface area contributed by atoms with Crippen molar-refractivity contribution in [2.24, 2.45) is 17.6 Å². The molecule has 174 valence electrons. The van der Waals surface area contributed by atoms with E-state index < -0.39 is 11.5 Å². The molecule has 7 heteroatoms. The molecule has 2 atom stereocenters. The summed E-state index contributed by atoms with van der Waals surface area (Å²) >= 11 is 0. The van der Waals surface area contributed by atoms with Crippen molar-refractivity contribution < 1.29 is 14.3 Å². The van der Waals surface area contributed by atoms with Crippen LogP contribution in [0.3, 0.4) is 0 Å². The van der Waals surface area contributed by atoms with E-state index in [0.29, 0.717) is 11.5 Å². The predicted molar refractivity (Wildman–Crippen MR) is 124 cm³/mol. The van der Waals surface area contributed by atoms with Crippen molar-refractivity contribution in [3.05, 3.63) is 23.9 Å². The zero-order valence-electron chi connectivity index (χ0n) is 19.9. The van der Waals surface area contributed by atoms with Gasteiger partial charge in [-0.15, -0.1) is 0 Å². The molecule has 1 amide bonds. The van der Waals surface area contributed by atoms with Crippen LogP contribution in [0.25, 0.3) is 0 Å². The summed E-state index contributed by atoms with van der Waals surface area (Å²) in [5, 5.41) is 0. The van der Waals surface area contributed by atoms with Crippen molar-refractivity contribution in [3.63, 3.8) is 0 Å². The Morgan fingerprint density at radius 3 is 2.32 bits per heavy atom. The minimum Gasteiger partial charge on any atom is -0.460 e. The minimum absolute atomic E-state index is 0.0649. The molecule has 0 aliphatic carbocycles. The molecular weight excluding hydrogens is 392 g/mol. The molecule has 0 spiro atoms. The first kappa shape index (κ1) is 25.1.